The van der Waals surface area contributed by atoms with Gasteiger partial charge in [-0.05, 0) is 31.8 Å². The van der Waals surface area contributed by atoms with E-state index in [1.165, 1.54) is 6.08 Å². The van der Waals surface area contributed by atoms with E-state index < -0.39 is 24.9 Å². The molecule has 0 aliphatic rings. The molecule has 9 heteroatoms. The second-order valence-electron chi connectivity index (χ2n) is 5.79. The number of hydrogen-bond acceptors (Lipinski definition) is 4. The van der Waals surface area contributed by atoms with E-state index in [1.54, 1.807) is 6.92 Å². The van der Waals surface area contributed by atoms with Gasteiger partial charge in [-0.25, -0.2) is 0 Å². The van der Waals surface area contributed by atoms with Gasteiger partial charge >= 0.3 is 7.12 Å². The van der Waals surface area contributed by atoms with Gasteiger partial charge in [-0.1, -0.05) is 44.0 Å². The molecule has 0 heterocycles. The van der Waals surface area contributed by atoms with Crippen molar-refractivity contribution in [2.24, 2.45) is 5.92 Å². The minimum atomic E-state index is -1.67. The lowest BCUT2D eigenvalue weighted by atomic mass is 9.75. The van der Waals surface area contributed by atoms with Crippen LogP contribution >= 0.6 is 23.2 Å². The van der Waals surface area contributed by atoms with Gasteiger partial charge in [-0.3, -0.25) is 9.59 Å². The highest BCUT2D eigenvalue weighted by Crippen LogP contribution is 2.16. The van der Waals surface area contributed by atoms with Crippen molar-refractivity contribution in [2.45, 2.75) is 46.5 Å². The number of allylic oxidation sites excluding steroid dienone is 2. The van der Waals surface area contributed by atoms with Crippen molar-refractivity contribution in [2.75, 3.05) is 6.54 Å². The topological polar surface area (TPSA) is 98.7 Å². The fourth-order valence-corrected chi connectivity index (χ4v) is 2.11. The summed E-state index contributed by atoms with van der Waals surface area (Å²) in [5, 5.41) is 24.2. The Hall–Kier alpha value is -1.02. The fraction of sp³-hybridized carbons (Fsp3) is 0.600. The van der Waals surface area contributed by atoms with Crippen molar-refractivity contribution < 1.29 is 19.6 Å². The minimum absolute atomic E-state index is 0.168. The molecule has 0 aliphatic carbocycles. The summed E-state index contributed by atoms with van der Waals surface area (Å²) in [6, 6.07) is 0. The van der Waals surface area contributed by atoms with Gasteiger partial charge in [0.2, 0.25) is 5.91 Å². The summed E-state index contributed by atoms with van der Waals surface area (Å²) in [5.41, 5.74) is 0.178. The maximum Gasteiger partial charge on any atom is 0.475 e. The van der Waals surface area contributed by atoms with Gasteiger partial charge in [0.1, 0.15) is 0 Å². The zero-order valence-electron chi connectivity index (χ0n) is 14.4. The Balaban J connectivity index is 4.73. The second kappa shape index (κ2) is 11.5. The lowest BCUT2D eigenvalue weighted by Gasteiger charge is -2.19. The molecule has 0 aromatic rings. The number of rotatable bonds is 9. The number of hydrogen-bond donors (Lipinski definition) is 4. The molecule has 0 aromatic heterocycles. The van der Waals surface area contributed by atoms with Crippen molar-refractivity contribution in [3.63, 3.8) is 0 Å². The van der Waals surface area contributed by atoms with Gasteiger partial charge in [-0.15, -0.1) is 0 Å². The quantitative estimate of drug-likeness (QED) is 0.278. The summed E-state index contributed by atoms with van der Waals surface area (Å²) < 4.78 is 0. The predicted octanol–water partition coefficient (Wildman–Crippen LogP) is 1.69. The molecule has 1 atom stereocenters. The van der Waals surface area contributed by atoms with Crippen LogP contribution in [-0.2, 0) is 9.59 Å². The van der Waals surface area contributed by atoms with Crippen LogP contribution in [0.15, 0.2) is 21.7 Å². The van der Waals surface area contributed by atoms with Crippen LogP contribution in [-0.4, -0.2) is 41.5 Å². The van der Waals surface area contributed by atoms with Crippen LogP contribution < -0.4 is 10.6 Å². The number of amides is 2. The lowest BCUT2D eigenvalue weighted by Crippen LogP contribution is -2.50. The van der Waals surface area contributed by atoms with Crippen LogP contribution in [0.1, 0.15) is 40.5 Å². The first-order valence-electron chi connectivity index (χ1n) is 7.74. The molecule has 4 N–H and O–H groups in total. The molecular formula is C15H25BCl2N2O4. The Bertz CT molecular complexity index is 504. The molecule has 0 spiro atoms. The second-order valence-corrected chi connectivity index (χ2v) is 6.84. The molecule has 0 saturated heterocycles. The Labute approximate surface area is 153 Å². The van der Waals surface area contributed by atoms with E-state index in [-0.39, 0.29) is 23.1 Å². The van der Waals surface area contributed by atoms with Crippen LogP contribution in [0.2, 0.25) is 0 Å². The molecule has 136 valence electrons. The SMILES string of the molecule is CC/C(Cl)=C\C(C(=O)NCC(=O)N[C@@H](CC(C)C)B(O)O)=C(/C)Cl. The number of halogens is 2. The highest BCUT2D eigenvalue weighted by molar-refractivity contribution is 6.43. The maximum atomic E-state index is 12.1. The highest BCUT2D eigenvalue weighted by Gasteiger charge is 2.26. The molecule has 0 fully saturated rings. The Morgan fingerprint density at radius 3 is 2.25 bits per heavy atom. The van der Waals surface area contributed by atoms with Gasteiger partial charge in [0.25, 0.3) is 5.91 Å². The largest absolute Gasteiger partial charge is 0.475 e. The van der Waals surface area contributed by atoms with E-state index in [4.69, 9.17) is 23.2 Å². The zero-order valence-corrected chi connectivity index (χ0v) is 15.9. The molecule has 0 aliphatic heterocycles. The van der Waals surface area contributed by atoms with Crippen LogP contribution in [0.5, 0.6) is 0 Å². The van der Waals surface area contributed by atoms with Gasteiger partial charge in [0.05, 0.1) is 18.1 Å². The Morgan fingerprint density at radius 2 is 1.83 bits per heavy atom. The van der Waals surface area contributed by atoms with Crippen molar-refractivity contribution in [1.29, 1.82) is 0 Å². The summed E-state index contributed by atoms with van der Waals surface area (Å²) >= 11 is 11.8. The minimum Gasteiger partial charge on any atom is -0.426 e. The van der Waals surface area contributed by atoms with E-state index in [2.05, 4.69) is 10.6 Å². The average Bonchev–Trinajstić information content (AvgIpc) is 2.48. The Morgan fingerprint density at radius 1 is 1.25 bits per heavy atom. The molecule has 0 unspecified atom stereocenters. The molecule has 0 bridgehead atoms. The Kier molecular flexibility index (Phi) is 11.0. The normalized spacial score (nSPS) is 14.1. The van der Waals surface area contributed by atoms with E-state index in [0.717, 1.165) is 0 Å². The summed E-state index contributed by atoms with van der Waals surface area (Å²) in [6.45, 7) is 6.86. The van der Waals surface area contributed by atoms with E-state index in [9.17, 15) is 19.6 Å². The summed E-state index contributed by atoms with van der Waals surface area (Å²) in [7, 11) is -1.67. The molecule has 0 radical (unpaired) electrons. The van der Waals surface area contributed by atoms with E-state index in [1.807, 2.05) is 20.8 Å². The summed E-state index contributed by atoms with van der Waals surface area (Å²) in [5.74, 6) is -1.69. The highest BCUT2D eigenvalue weighted by atomic mass is 35.5. The van der Waals surface area contributed by atoms with Crippen LogP contribution in [0.3, 0.4) is 0 Å². The van der Waals surface area contributed by atoms with Crippen LogP contribution in [0.25, 0.3) is 0 Å². The first-order valence-corrected chi connectivity index (χ1v) is 8.50. The predicted molar refractivity (Wildman–Crippen MR) is 97.4 cm³/mol. The molecule has 2 amide bonds. The third kappa shape index (κ3) is 9.32. The monoisotopic (exact) mass is 378 g/mol. The van der Waals surface area contributed by atoms with E-state index in [0.29, 0.717) is 17.9 Å². The van der Waals surface area contributed by atoms with Crippen molar-refractivity contribution in [3.05, 3.63) is 21.7 Å². The molecular weight excluding hydrogens is 354 g/mol. The van der Waals surface area contributed by atoms with E-state index >= 15 is 0 Å². The van der Waals surface area contributed by atoms with Gasteiger partial charge in [-0.2, -0.15) is 0 Å². The third-order valence-electron chi connectivity index (χ3n) is 3.10. The first kappa shape index (κ1) is 23.0. The lowest BCUT2D eigenvalue weighted by molar-refractivity contribution is -0.124. The molecule has 6 nitrogen and oxygen atoms in total. The number of nitrogens with one attached hydrogen (secondary N) is 2. The standard InChI is InChI=1S/C15H25BCl2N2O4/c1-5-11(18)7-12(10(4)17)15(22)19-8-14(21)20-13(16(23)24)6-9(2)3/h7,9,13,23-24H,5-6,8H2,1-4H3,(H,19,22)(H,20,21)/b11-7+,12-10-/t13-/m0/s1. The van der Waals surface area contributed by atoms with Gasteiger partial charge in [0, 0.05) is 10.1 Å². The van der Waals surface area contributed by atoms with Crippen molar-refractivity contribution in [1.82, 2.24) is 10.6 Å². The van der Waals surface area contributed by atoms with Crippen LogP contribution in [0, 0.1) is 5.92 Å². The smallest absolute Gasteiger partial charge is 0.426 e. The van der Waals surface area contributed by atoms with Gasteiger partial charge in [0.15, 0.2) is 0 Å². The zero-order chi connectivity index (χ0) is 18.9. The summed E-state index contributed by atoms with van der Waals surface area (Å²) in [4.78, 5) is 24.0. The first-order chi connectivity index (χ1) is 11.1. The van der Waals surface area contributed by atoms with Crippen LogP contribution in [0.4, 0.5) is 0 Å². The molecule has 0 saturated carbocycles. The van der Waals surface area contributed by atoms with Crippen molar-refractivity contribution in [3.8, 4) is 0 Å². The maximum absolute atomic E-state index is 12.1. The molecule has 0 rings (SSSR count). The average molecular weight is 379 g/mol. The fourth-order valence-electron chi connectivity index (χ4n) is 1.86. The summed E-state index contributed by atoms with van der Waals surface area (Å²) in [6.07, 6.45) is 2.41. The number of carbonyl (C=O) groups is 2. The van der Waals surface area contributed by atoms with Gasteiger partial charge < -0.3 is 20.7 Å². The third-order valence-corrected chi connectivity index (χ3v) is 3.68. The number of carbonyl (C=O) groups excluding carboxylic acids is 2. The molecule has 0 aromatic carbocycles. The molecule has 24 heavy (non-hydrogen) atoms. The van der Waals surface area contributed by atoms with Crippen molar-refractivity contribution >= 4 is 42.1 Å².